The van der Waals surface area contributed by atoms with Crippen molar-refractivity contribution in [1.82, 2.24) is 0 Å². The molecule has 5 heteroatoms. The molecule has 1 atom stereocenters. The number of rotatable bonds is 5. The molecular formula is C14H19NO4. The van der Waals surface area contributed by atoms with Crippen LogP contribution in [0.5, 0.6) is 5.75 Å². The Kier molecular flexibility index (Phi) is 5.36. The van der Waals surface area contributed by atoms with Gasteiger partial charge in [-0.2, -0.15) is 0 Å². The van der Waals surface area contributed by atoms with Crippen molar-refractivity contribution in [2.45, 2.75) is 13.8 Å². The molecule has 0 radical (unpaired) electrons. The summed E-state index contributed by atoms with van der Waals surface area (Å²) in [4.78, 5) is 23.7. The van der Waals surface area contributed by atoms with Crippen LogP contribution in [0.3, 0.4) is 0 Å². The topological polar surface area (TPSA) is 64.6 Å². The van der Waals surface area contributed by atoms with Gasteiger partial charge in [-0.15, -0.1) is 0 Å². The summed E-state index contributed by atoms with van der Waals surface area (Å²) >= 11 is 0. The number of benzene rings is 1. The van der Waals surface area contributed by atoms with E-state index in [1.807, 2.05) is 0 Å². The van der Waals surface area contributed by atoms with E-state index in [0.717, 1.165) is 0 Å². The number of carbonyl (C=O) groups excluding carboxylic acids is 2. The Morgan fingerprint density at radius 3 is 2.42 bits per heavy atom. The second-order valence-corrected chi connectivity index (χ2v) is 4.47. The van der Waals surface area contributed by atoms with Crippen LogP contribution in [0.25, 0.3) is 0 Å². The Labute approximate surface area is 112 Å². The van der Waals surface area contributed by atoms with Crippen LogP contribution in [0.2, 0.25) is 0 Å². The second kappa shape index (κ2) is 6.78. The molecule has 0 aliphatic heterocycles. The van der Waals surface area contributed by atoms with E-state index in [0.29, 0.717) is 11.4 Å². The van der Waals surface area contributed by atoms with Crippen LogP contribution in [0.1, 0.15) is 13.8 Å². The van der Waals surface area contributed by atoms with E-state index >= 15 is 0 Å². The van der Waals surface area contributed by atoms with Crippen LogP contribution in [-0.2, 0) is 14.3 Å². The van der Waals surface area contributed by atoms with Crippen molar-refractivity contribution in [1.29, 1.82) is 0 Å². The van der Waals surface area contributed by atoms with Crippen LogP contribution in [0.15, 0.2) is 24.3 Å². The fraction of sp³-hybridized carbons (Fsp3) is 0.429. The van der Waals surface area contributed by atoms with Crippen molar-refractivity contribution in [3.8, 4) is 5.75 Å². The Morgan fingerprint density at radius 1 is 1.21 bits per heavy atom. The lowest BCUT2D eigenvalue weighted by atomic mass is 9.95. The standard InChI is InChI=1S/C14H19NO4/c1-9(2)12(14(17)19-4)13(16)15-10-6-5-7-11(8-10)18-3/h5-9,12H,1-4H3,(H,15,16). The molecule has 0 spiro atoms. The average Bonchev–Trinajstić information content (AvgIpc) is 2.38. The molecule has 0 aliphatic carbocycles. The number of hydrogen-bond acceptors (Lipinski definition) is 4. The first-order valence-corrected chi connectivity index (χ1v) is 6.02. The smallest absolute Gasteiger partial charge is 0.318 e. The summed E-state index contributed by atoms with van der Waals surface area (Å²) in [6.07, 6.45) is 0. The van der Waals surface area contributed by atoms with Gasteiger partial charge in [-0.25, -0.2) is 0 Å². The molecule has 0 saturated carbocycles. The molecule has 1 rings (SSSR count). The highest BCUT2D eigenvalue weighted by atomic mass is 16.5. The van der Waals surface area contributed by atoms with E-state index in [1.165, 1.54) is 7.11 Å². The van der Waals surface area contributed by atoms with Crippen molar-refractivity contribution in [2.75, 3.05) is 19.5 Å². The second-order valence-electron chi connectivity index (χ2n) is 4.47. The van der Waals surface area contributed by atoms with Crippen LogP contribution in [0.4, 0.5) is 5.69 Å². The first-order valence-electron chi connectivity index (χ1n) is 6.02. The molecule has 0 fully saturated rings. The van der Waals surface area contributed by atoms with E-state index in [4.69, 9.17) is 4.74 Å². The first kappa shape index (κ1) is 15.0. The lowest BCUT2D eigenvalue weighted by Gasteiger charge is -2.18. The maximum atomic E-state index is 12.1. The van der Waals surface area contributed by atoms with Gasteiger partial charge in [0.2, 0.25) is 5.91 Å². The molecule has 1 N–H and O–H groups in total. The minimum Gasteiger partial charge on any atom is -0.497 e. The summed E-state index contributed by atoms with van der Waals surface area (Å²) in [6, 6.07) is 6.95. The molecule has 1 unspecified atom stereocenters. The highest BCUT2D eigenvalue weighted by Crippen LogP contribution is 2.20. The summed E-state index contributed by atoms with van der Waals surface area (Å²) in [5.74, 6) is -1.24. The molecular weight excluding hydrogens is 246 g/mol. The van der Waals surface area contributed by atoms with E-state index in [1.54, 1.807) is 45.2 Å². The zero-order valence-corrected chi connectivity index (χ0v) is 11.6. The third kappa shape index (κ3) is 3.98. The molecule has 0 aliphatic rings. The summed E-state index contributed by atoms with van der Waals surface area (Å²) in [5.41, 5.74) is 0.582. The molecule has 0 aromatic heterocycles. The fourth-order valence-electron chi connectivity index (χ4n) is 1.73. The van der Waals surface area contributed by atoms with Crippen LogP contribution < -0.4 is 10.1 Å². The number of esters is 1. The third-order valence-corrected chi connectivity index (χ3v) is 2.74. The quantitative estimate of drug-likeness (QED) is 0.654. The average molecular weight is 265 g/mol. The summed E-state index contributed by atoms with van der Waals surface area (Å²) in [5, 5.41) is 2.69. The third-order valence-electron chi connectivity index (χ3n) is 2.74. The summed E-state index contributed by atoms with van der Waals surface area (Å²) < 4.78 is 9.72. The van der Waals surface area contributed by atoms with E-state index in [9.17, 15) is 9.59 Å². The van der Waals surface area contributed by atoms with Gasteiger partial charge in [-0.3, -0.25) is 9.59 Å². The minimum absolute atomic E-state index is 0.141. The highest BCUT2D eigenvalue weighted by Gasteiger charge is 2.30. The monoisotopic (exact) mass is 265 g/mol. The highest BCUT2D eigenvalue weighted by molar-refractivity contribution is 6.05. The minimum atomic E-state index is -0.823. The van der Waals surface area contributed by atoms with Gasteiger partial charge in [-0.1, -0.05) is 19.9 Å². The maximum absolute atomic E-state index is 12.1. The normalized spacial score (nSPS) is 11.8. The van der Waals surface area contributed by atoms with Gasteiger partial charge in [-0.05, 0) is 18.1 Å². The Balaban J connectivity index is 2.84. The van der Waals surface area contributed by atoms with Crippen molar-refractivity contribution in [3.05, 3.63) is 24.3 Å². The van der Waals surface area contributed by atoms with Gasteiger partial charge < -0.3 is 14.8 Å². The molecule has 1 aromatic rings. The Hall–Kier alpha value is -2.04. The van der Waals surface area contributed by atoms with E-state index < -0.39 is 11.9 Å². The predicted molar refractivity (Wildman–Crippen MR) is 72.0 cm³/mol. The summed E-state index contributed by atoms with van der Waals surface area (Å²) in [6.45, 7) is 3.60. The number of carbonyl (C=O) groups is 2. The van der Waals surface area contributed by atoms with Crippen LogP contribution in [0, 0.1) is 11.8 Å². The van der Waals surface area contributed by atoms with Gasteiger partial charge in [0, 0.05) is 11.8 Å². The SMILES string of the molecule is COC(=O)C(C(=O)Nc1cccc(OC)c1)C(C)C. The zero-order chi connectivity index (χ0) is 14.4. The fourth-order valence-corrected chi connectivity index (χ4v) is 1.73. The molecule has 0 bridgehead atoms. The number of methoxy groups -OCH3 is 2. The molecule has 19 heavy (non-hydrogen) atoms. The van der Waals surface area contributed by atoms with Crippen LogP contribution >= 0.6 is 0 Å². The molecule has 0 heterocycles. The van der Waals surface area contributed by atoms with Crippen molar-refractivity contribution < 1.29 is 19.1 Å². The van der Waals surface area contributed by atoms with Crippen molar-refractivity contribution >= 4 is 17.6 Å². The maximum Gasteiger partial charge on any atom is 0.318 e. The Morgan fingerprint density at radius 2 is 1.89 bits per heavy atom. The van der Waals surface area contributed by atoms with Crippen molar-refractivity contribution in [2.24, 2.45) is 11.8 Å². The molecule has 1 aromatic carbocycles. The van der Waals surface area contributed by atoms with Crippen molar-refractivity contribution in [3.63, 3.8) is 0 Å². The van der Waals surface area contributed by atoms with Gasteiger partial charge in [0.15, 0.2) is 0 Å². The summed E-state index contributed by atoms with van der Waals surface area (Å²) in [7, 11) is 2.82. The lowest BCUT2D eigenvalue weighted by Crippen LogP contribution is -2.34. The number of nitrogens with one attached hydrogen (secondary N) is 1. The van der Waals surface area contributed by atoms with Gasteiger partial charge in [0.1, 0.15) is 11.7 Å². The predicted octanol–water partition coefficient (Wildman–Crippen LogP) is 2.08. The zero-order valence-electron chi connectivity index (χ0n) is 11.6. The van der Waals surface area contributed by atoms with E-state index in [2.05, 4.69) is 10.1 Å². The number of anilines is 1. The first-order chi connectivity index (χ1) is 8.99. The Bertz CT molecular complexity index is 457. The molecule has 5 nitrogen and oxygen atoms in total. The van der Waals surface area contributed by atoms with Gasteiger partial charge in [0.05, 0.1) is 14.2 Å². The van der Waals surface area contributed by atoms with Gasteiger partial charge in [0.25, 0.3) is 0 Å². The van der Waals surface area contributed by atoms with Gasteiger partial charge >= 0.3 is 5.97 Å². The van der Waals surface area contributed by atoms with Crippen LogP contribution in [-0.4, -0.2) is 26.1 Å². The van der Waals surface area contributed by atoms with E-state index in [-0.39, 0.29) is 11.8 Å². The molecule has 104 valence electrons. The molecule has 0 saturated heterocycles. The number of ether oxygens (including phenoxy) is 2. The largest absolute Gasteiger partial charge is 0.497 e. The number of amides is 1. The number of hydrogen-bond donors (Lipinski definition) is 1. The lowest BCUT2D eigenvalue weighted by molar-refractivity contribution is -0.150. The molecule has 1 amide bonds.